The molecule has 2 aromatic carbocycles. The number of aromatic carboxylic acids is 1. The molecule has 0 aliphatic heterocycles. The summed E-state index contributed by atoms with van der Waals surface area (Å²) in [6.45, 7) is 0. The van der Waals surface area contributed by atoms with Gasteiger partial charge in [-0.1, -0.05) is 23.2 Å². The Bertz CT molecular complexity index is 1290. The number of fused-ring (bicyclic) bond motifs is 2. The number of carbonyl (C=O) groups excluding carboxylic acids is 1. The number of benzene rings is 2. The van der Waals surface area contributed by atoms with Crippen LogP contribution in [0.3, 0.4) is 0 Å². The Hall–Kier alpha value is -1.96. The summed E-state index contributed by atoms with van der Waals surface area (Å²) in [5.74, 6) is -0.0991. The minimum absolute atomic E-state index is 0. The van der Waals surface area contributed by atoms with Gasteiger partial charge in [0, 0.05) is 9.40 Å². The molecule has 2 aromatic heterocycles. The van der Waals surface area contributed by atoms with Crippen molar-refractivity contribution in [1.82, 2.24) is 0 Å². The number of esters is 1. The number of thiophene rings is 2. The van der Waals surface area contributed by atoms with Crippen molar-refractivity contribution >= 4 is 78.0 Å². The Kier molecular flexibility index (Phi) is 11.0. The van der Waals surface area contributed by atoms with Gasteiger partial charge < -0.3 is 24.8 Å². The molecule has 0 aliphatic rings. The molecule has 170 valence electrons. The minimum atomic E-state index is -0.925. The van der Waals surface area contributed by atoms with Crippen molar-refractivity contribution in [2.75, 3.05) is 21.3 Å². The van der Waals surface area contributed by atoms with Crippen molar-refractivity contribution in [3.8, 4) is 11.5 Å². The number of halogens is 2. The van der Waals surface area contributed by atoms with Crippen molar-refractivity contribution in [2.24, 2.45) is 0 Å². The summed E-state index contributed by atoms with van der Waals surface area (Å²) >= 11 is 14.5. The Morgan fingerprint density at radius 1 is 0.788 bits per heavy atom. The van der Waals surface area contributed by atoms with Crippen LogP contribution in [0.25, 0.3) is 20.2 Å². The number of carboxylic acid groups (broad SMARTS) is 1. The van der Waals surface area contributed by atoms with Gasteiger partial charge in [-0.15, -0.1) is 22.7 Å². The fraction of sp³-hybridized carbons (Fsp3) is 0.143. The molecular weight excluding hydrogens is 506 g/mol. The van der Waals surface area contributed by atoms with Gasteiger partial charge in [-0.05, 0) is 47.2 Å². The summed E-state index contributed by atoms with van der Waals surface area (Å²) in [5, 5.41) is 11.6. The van der Waals surface area contributed by atoms with E-state index in [-0.39, 0.29) is 30.3 Å². The average molecular weight is 523 g/mol. The summed E-state index contributed by atoms with van der Waals surface area (Å²) in [5.41, 5.74) is 0. The van der Waals surface area contributed by atoms with Crippen LogP contribution in [0.4, 0.5) is 0 Å². The maximum Gasteiger partial charge on any atom is 1.00 e. The molecule has 0 amide bonds. The fourth-order valence-electron chi connectivity index (χ4n) is 2.70. The molecule has 2 N–H and O–H groups in total. The molecule has 4 rings (SSSR count). The second kappa shape index (κ2) is 12.5. The molecule has 0 unspecified atom stereocenters. The quantitative estimate of drug-likeness (QED) is 0.322. The van der Waals surface area contributed by atoms with E-state index in [0.29, 0.717) is 31.3 Å². The summed E-state index contributed by atoms with van der Waals surface area (Å²) < 4.78 is 16.6. The number of methoxy groups -OCH3 is 3. The van der Waals surface area contributed by atoms with Crippen LogP contribution in [0.2, 0.25) is 10.0 Å². The van der Waals surface area contributed by atoms with Crippen molar-refractivity contribution in [3.05, 3.63) is 56.2 Å². The van der Waals surface area contributed by atoms with Crippen molar-refractivity contribution in [3.63, 3.8) is 0 Å². The SMILES string of the molecule is COC(=O)c1cc2cc(Cl)c(OC)cc2s1.COc1cc2sc(C(=O)O)cc2cc1Cl.[Li+].[OH-]. The molecule has 0 saturated heterocycles. The maximum atomic E-state index is 11.3. The van der Waals surface area contributed by atoms with E-state index in [9.17, 15) is 9.59 Å². The molecule has 0 spiro atoms. The summed E-state index contributed by atoms with van der Waals surface area (Å²) in [6.07, 6.45) is 0. The van der Waals surface area contributed by atoms with Crippen LogP contribution in [0.1, 0.15) is 19.3 Å². The van der Waals surface area contributed by atoms with Gasteiger partial charge in [-0.25, -0.2) is 9.59 Å². The summed E-state index contributed by atoms with van der Waals surface area (Å²) in [7, 11) is 4.45. The van der Waals surface area contributed by atoms with E-state index >= 15 is 0 Å². The van der Waals surface area contributed by atoms with Crippen LogP contribution in [-0.4, -0.2) is 43.9 Å². The fourth-order valence-corrected chi connectivity index (χ4v) is 5.10. The molecule has 0 fully saturated rings. The average Bonchev–Trinajstić information content (AvgIpc) is 3.35. The van der Waals surface area contributed by atoms with Crippen LogP contribution >= 0.6 is 45.9 Å². The Labute approximate surface area is 219 Å². The van der Waals surface area contributed by atoms with Gasteiger partial charge in [0.25, 0.3) is 0 Å². The van der Waals surface area contributed by atoms with Gasteiger partial charge in [0.1, 0.15) is 21.3 Å². The van der Waals surface area contributed by atoms with Crippen LogP contribution in [0.15, 0.2) is 36.4 Å². The third kappa shape index (κ3) is 6.55. The topological polar surface area (TPSA) is 112 Å². The first kappa shape index (κ1) is 29.1. The molecular formula is C21H17Cl2LiO7S2. The molecule has 0 atom stereocenters. The number of rotatable bonds is 4. The van der Waals surface area contributed by atoms with Gasteiger partial charge in [0.15, 0.2) is 0 Å². The summed E-state index contributed by atoms with van der Waals surface area (Å²) in [6, 6.07) is 10.4. The van der Waals surface area contributed by atoms with E-state index in [1.54, 1.807) is 37.4 Å². The van der Waals surface area contributed by atoms with Gasteiger partial charge in [0.2, 0.25) is 0 Å². The number of hydrogen-bond acceptors (Lipinski definition) is 8. The van der Waals surface area contributed by atoms with Crippen LogP contribution in [0, 0.1) is 0 Å². The van der Waals surface area contributed by atoms with E-state index < -0.39 is 5.97 Å². The van der Waals surface area contributed by atoms with E-state index in [4.69, 9.17) is 37.8 Å². The van der Waals surface area contributed by atoms with E-state index in [2.05, 4.69) is 4.74 Å². The summed E-state index contributed by atoms with van der Waals surface area (Å²) in [4.78, 5) is 23.0. The molecule has 7 nitrogen and oxygen atoms in total. The third-order valence-electron chi connectivity index (χ3n) is 4.18. The largest absolute Gasteiger partial charge is 1.00 e. The monoisotopic (exact) mass is 522 g/mol. The maximum absolute atomic E-state index is 11.3. The van der Waals surface area contributed by atoms with Gasteiger partial charge in [-0.2, -0.15) is 0 Å². The molecule has 2 heterocycles. The molecule has 12 heteroatoms. The van der Waals surface area contributed by atoms with Crippen LogP contribution in [-0.2, 0) is 4.74 Å². The standard InChI is InChI=1S/C11H9ClO3S.C10H7ClO3S.Li.H2O/c1-14-8-5-9-6(3-7(8)12)4-10(16-9)11(13)15-2;1-14-7-4-8-5(2-6(7)11)3-9(15-8)10(12)13;;/h3-5H,1-2H3;2-4H,1H3,(H,12,13);;1H2/q;;+1;/p-1. The number of carboxylic acids is 1. The van der Waals surface area contributed by atoms with Crippen molar-refractivity contribution < 1.29 is 53.2 Å². The van der Waals surface area contributed by atoms with E-state index in [1.807, 2.05) is 6.07 Å². The zero-order chi connectivity index (χ0) is 22.7. The second-order valence-corrected chi connectivity index (χ2v) is 9.05. The Morgan fingerprint density at radius 2 is 1.21 bits per heavy atom. The Balaban J connectivity index is 0.000000312. The van der Waals surface area contributed by atoms with Gasteiger partial charge in [0.05, 0.1) is 31.4 Å². The third-order valence-corrected chi connectivity index (χ3v) is 6.93. The predicted molar refractivity (Wildman–Crippen MR) is 127 cm³/mol. The number of hydrogen-bond donors (Lipinski definition) is 1. The minimum Gasteiger partial charge on any atom is -0.870 e. The second-order valence-electron chi connectivity index (χ2n) is 6.07. The van der Waals surface area contributed by atoms with Crippen LogP contribution in [0.5, 0.6) is 11.5 Å². The normalized spacial score (nSPS) is 9.85. The predicted octanol–water partition coefficient (Wildman–Crippen LogP) is 3.44. The first-order valence-corrected chi connectivity index (χ1v) is 11.0. The van der Waals surface area contributed by atoms with E-state index in [0.717, 1.165) is 20.2 Å². The molecule has 33 heavy (non-hydrogen) atoms. The molecule has 0 bridgehead atoms. The van der Waals surface area contributed by atoms with E-state index in [1.165, 1.54) is 36.9 Å². The van der Waals surface area contributed by atoms with Gasteiger partial charge in [-0.3, -0.25) is 0 Å². The zero-order valence-corrected chi connectivity index (χ0v) is 21.1. The molecule has 0 aliphatic carbocycles. The zero-order valence-electron chi connectivity index (χ0n) is 18.0. The number of carbonyl (C=O) groups is 2. The number of ether oxygens (including phenoxy) is 3. The Morgan fingerprint density at radius 3 is 1.61 bits per heavy atom. The molecule has 0 radical (unpaired) electrons. The van der Waals surface area contributed by atoms with Crippen LogP contribution < -0.4 is 28.3 Å². The van der Waals surface area contributed by atoms with Gasteiger partial charge >= 0.3 is 30.8 Å². The molecule has 4 aromatic rings. The first-order chi connectivity index (χ1) is 14.8. The smallest absolute Gasteiger partial charge is 0.870 e. The van der Waals surface area contributed by atoms with Crippen molar-refractivity contribution in [1.29, 1.82) is 0 Å². The molecule has 0 saturated carbocycles. The first-order valence-electron chi connectivity index (χ1n) is 8.63. The van der Waals surface area contributed by atoms with Crippen molar-refractivity contribution in [2.45, 2.75) is 0 Å².